The van der Waals surface area contributed by atoms with E-state index in [1.54, 1.807) is 0 Å². The van der Waals surface area contributed by atoms with Crippen molar-refractivity contribution < 1.29 is 0 Å². The molecule has 3 heteroatoms. The van der Waals surface area contributed by atoms with Crippen LogP contribution in [-0.4, -0.2) is 0 Å². The van der Waals surface area contributed by atoms with Gasteiger partial charge >= 0.3 is 0 Å². The molecule has 1 unspecified atom stereocenters. The fourth-order valence-electron chi connectivity index (χ4n) is 2.07. The minimum absolute atomic E-state index is 0.332. The van der Waals surface area contributed by atoms with Crippen molar-refractivity contribution in [3.63, 3.8) is 0 Å². The van der Waals surface area contributed by atoms with Gasteiger partial charge in [0.1, 0.15) is 0 Å². The lowest BCUT2D eigenvalue weighted by Gasteiger charge is -2.21. The SMILES string of the molecule is CCCC(Nc1ccccc1I)c1ccc(Cl)cc1. The second-order valence-electron chi connectivity index (χ2n) is 4.52. The highest BCUT2D eigenvalue weighted by atomic mass is 127. The van der Waals surface area contributed by atoms with E-state index >= 15 is 0 Å². The van der Waals surface area contributed by atoms with Crippen LogP contribution >= 0.6 is 34.2 Å². The molecule has 19 heavy (non-hydrogen) atoms. The largest absolute Gasteiger partial charge is 0.377 e. The van der Waals surface area contributed by atoms with Crippen LogP contribution in [0, 0.1) is 3.57 Å². The smallest absolute Gasteiger partial charge is 0.0514 e. The summed E-state index contributed by atoms with van der Waals surface area (Å²) < 4.78 is 1.25. The minimum atomic E-state index is 0.332. The van der Waals surface area contributed by atoms with Crippen LogP contribution in [0.1, 0.15) is 31.4 Å². The van der Waals surface area contributed by atoms with Gasteiger partial charge < -0.3 is 5.32 Å². The predicted molar refractivity (Wildman–Crippen MR) is 91.9 cm³/mol. The van der Waals surface area contributed by atoms with E-state index in [0.29, 0.717) is 6.04 Å². The molecule has 2 rings (SSSR count). The molecular formula is C16H17ClIN. The molecule has 0 bridgehead atoms. The second kappa shape index (κ2) is 7.15. The Kier molecular flexibility index (Phi) is 5.52. The lowest BCUT2D eigenvalue weighted by Crippen LogP contribution is -2.11. The Balaban J connectivity index is 2.21. The number of halogens is 2. The van der Waals surface area contributed by atoms with Crippen molar-refractivity contribution in [1.29, 1.82) is 0 Å². The van der Waals surface area contributed by atoms with Crippen molar-refractivity contribution in [2.45, 2.75) is 25.8 Å². The first kappa shape index (κ1) is 14.7. The summed E-state index contributed by atoms with van der Waals surface area (Å²) in [7, 11) is 0. The van der Waals surface area contributed by atoms with E-state index in [2.05, 4.69) is 71.2 Å². The molecule has 1 N–H and O–H groups in total. The van der Waals surface area contributed by atoms with E-state index in [4.69, 9.17) is 11.6 Å². The maximum Gasteiger partial charge on any atom is 0.0514 e. The number of anilines is 1. The molecule has 0 spiro atoms. The first-order valence-electron chi connectivity index (χ1n) is 6.47. The zero-order valence-electron chi connectivity index (χ0n) is 10.9. The number of para-hydroxylation sites is 1. The molecule has 2 aromatic carbocycles. The van der Waals surface area contributed by atoms with Crippen LogP contribution in [0.15, 0.2) is 48.5 Å². The standard InChI is InChI=1S/C16H17ClIN/c1-2-5-15(12-8-10-13(17)11-9-12)19-16-7-4-3-6-14(16)18/h3-4,6-11,15,19H,2,5H2,1H3. The van der Waals surface area contributed by atoms with Crippen molar-refractivity contribution in [3.05, 3.63) is 62.7 Å². The van der Waals surface area contributed by atoms with Gasteiger partial charge in [-0.15, -0.1) is 0 Å². The minimum Gasteiger partial charge on any atom is -0.377 e. The highest BCUT2D eigenvalue weighted by Crippen LogP contribution is 2.27. The summed E-state index contributed by atoms with van der Waals surface area (Å²) in [4.78, 5) is 0. The normalized spacial score (nSPS) is 12.2. The number of rotatable bonds is 5. The lowest BCUT2D eigenvalue weighted by atomic mass is 10.0. The van der Waals surface area contributed by atoms with Gasteiger partial charge in [-0.3, -0.25) is 0 Å². The molecule has 1 atom stereocenters. The molecule has 0 aliphatic heterocycles. The molecule has 0 saturated heterocycles. The summed E-state index contributed by atoms with van der Waals surface area (Å²) in [6, 6.07) is 16.8. The van der Waals surface area contributed by atoms with Crippen LogP contribution in [0.2, 0.25) is 5.02 Å². The number of hydrogen-bond acceptors (Lipinski definition) is 1. The monoisotopic (exact) mass is 385 g/mol. The summed E-state index contributed by atoms with van der Waals surface area (Å²) in [6.07, 6.45) is 2.25. The summed E-state index contributed by atoms with van der Waals surface area (Å²) >= 11 is 8.32. The first-order chi connectivity index (χ1) is 9.20. The van der Waals surface area contributed by atoms with Crippen molar-refractivity contribution >= 4 is 39.9 Å². The maximum atomic E-state index is 5.96. The van der Waals surface area contributed by atoms with Gasteiger partial charge in [0, 0.05) is 14.3 Å². The average Bonchev–Trinajstić information content (AvgIpc) is 2.42. The van der Waals surface area contributed by atoms with Gasteiger partial charge in [0.2, 0.25) is 0 Å². The Morgan fingerprint density at radius 3 is 2.42 bits per heavy atom. The van der Waals surface area contributed by atoms with Gasteiger partial charge in [0.15, 0.2) is 0 Å². The van der Waals surface area contributed by atoms with E-state index in [1.807, 2.05) is 12.1 Å². The molecule has 0 radical (unpaired) electrons. The van der Waals surface area contributed by atoms with Crippen LogP contribution in [0.3, 0.4) is 0 Å². The molecular weight excluding hydrogens is 369 g/mol. The maximum absolute atomic E-state index is 5.96. The van der Waals surface area contributed by atoms with Crippen LogP contribution in [0.25, 0.3) is 0 Å². The molecule has 1 nitrogen and oxygen atoms in total. The Hall–Kier alpha value is -0.740. The average molecular weight is 386 g/mol. The quantitative estimate of drug-likeness (QED) is 0.632. The van der Waals surface area contributed by atoms with Crippen LogP contribution in [-0.2, 0) is 0 Å². The van der Waals surface area contributed by atoms with Crippen LogP contribution in [0.4, 0.5) is 5.69 Å². The van der Waals surface area contributed by atoms with E-state index < -0.39 is 0 Å². The molecule has 0 aromatic heterocycles. The van der Waals surface area contributed by atoms with Gasteiger partial charge in [-0.2, -0.15) is 0 Å². The molecule has 0 saturated carbocycles. The molecule has 2 aromatic rings. The predicted octanol–water partition coefficient (Wildman–Crippen LogP) is 5.90. The molecule has 0 aliphatic carbocycles. The third kappa shape index (κ3) is 4.11. The summed E-state index contributed by atoms with van der Waals surface area (Å²) in [5, 5.41) is 4.42. The molecule has 0 heterocycles. The van der Waals surface area contributed by atoms with Crippen molar-refractivity contribution in [3.8, 4) is 0 Å². The Bertz CT molecular complexity index is 525. The van der Waals surface area contributed by atoms with Crippen molar-refractivity contribution in [2.75, 3.05) is 5.32 Å². The number of nitrogens with one attached hydrogen (secondary N) is 1. The summed E-state index contributed by atoms with van der Waals surface area (Å²) in [5.41, 5.74) is 2.47. The fraction of sp³-hybridized carbons (Fsp3) is 0.250. The number of hydrogen-bond donors (Lipinski definition) is 1. The molecule has 0 fully saturated rings. The van der Waals surface area contributed by atoms with Crippen molar-refractivity contribution in [2.24, 2.45) is 0 Å². The van der Waals surface area contributed by atoms with Crippen molar-refractivity contribution in [1.82, 2.24) is 0 Å². The molecule has 0 amide bonds. The Morgan fingerprint density at radius 1 is 1.11 bits per heavy atom. The summed E-state index contributed by atoms with van der Waals surface area (Å²) in [5.74, 6) is 0. The zero-order valence-corrected chi connectivity index (χ0v) is 13.8. The Morgan fingerprint density at radius 2 is 1.79 bits per heavy atom. The van der Waals surface area contributed by atoms with E-state index in [-0.39, 0.29) is 0 Å². The second-order valence-corrected chi connectivity index (χ2v) is 6.12. The molecule has 100 valence electrons. The van der Waals surface area contributed by atoms with Gasteiger partial charge in [-0.1, -0.05) is 49.2 Å². The topological polar surface area (TPSA) is 12.0 Å². The Labute approximate surface area is 133 Å². The zero-order chi connectivity index (χ0) is 13.7. The van der Waals surface area contributed by atoms with Crippen LogP contribution < -0.4 is 5.32 Å². The van der Waals surface area contributed by atoms with Gasteiger partial charge in [-0.05, 0) is 58.8 Å². The number of benzene rings is 2. The van der Waals surface area contributed by atoms with Gasteiger partial charge in [0.05, 0.1) is 6.04 Å². The molecule has 0 aliphatic rings. The van der Waals surface area contributed by atoms with E-state index in [0.717, 1.165) is 17.9 Å². The van der Waals surface area contributed by atoms with E-state index in [1.165, 1.54) is 14.8 Å². The third-order valence-electron chi connectivity index (χ3n) is 3.05. The summed E-state index contributed by atoms with van der Waals surface area (Å²) in [6.45, 7) is 2.21. The highest BCUT2D eigenvalue weighted by molar-refractivity contribution is 14.1. The van der Waals surface area contributed by atoms with Gasteiger partial charge in [0.25, 0.3) is 0 Å². The lowest BCUT2D eigenvalue weighted by molar-refractivity contribution is 0.677. The van der Waals surface area contributed by atoms with E-state index in [9.17, 15) is 0 Å². The van der Waals surface area contributed by atoms with Gasteiger partial charge in [-0.25, -0.2) is 0 Å². The first-order valence-corrected chi connectivity index (χ1v) is 7.93. The fourth-order valence-corrected chi connectivity index (χ4v) is 2.74. The third-order valence-corrected chi connectivity index (χ3v) is 4.25. The highest BCUT2D eigenvalue weighted by Gasteiger charge is 2.11. The van der Waals surface area contributed by atoms with Crippen LogP contribution in [0.5, 0.6) is 0 Å².